The minimum absolute atomic E-state index is 0.187. The van der Waals surface area contributed by atoms with Gasteiger partial charge in [0, 0.05) is 41.7 Å². The molecular weight excluding hydrogens is 392 g/mol. The molecule has 1 N–H and O–H groups in total. The number of fused-ring (bicyclic) bond motifs is 2. The highest BCUT2D eigenvalue weighted by Crippen LogP contribution is 2.35. The first-order valence-electron chi connectivity index (χ1n) is 10.8. The predicted molar refractivity (Wildman–Crippen MR) is 123 cm³/mol. The average molecular weight is 423 g/mol. The van der Waals surface area contributed by atoms with Crippen LogP contribution in [0.3, 0.4) is 0 Å². The molecule has 0 unspecified atom stereocenters. The van der Waals surface area contributed by atoms with E-state index in [4.69, 9.17) is 10.1 Å². The van der Waals surface area contributed by atoms with Gasteiger partial charge in [-0.05, 0) is 71.1 Å². The molecule has 30 heavy (non-hydrogen) atoms. The molecule has 1 aliphatic rings. The van der Waals surface area contributed by atoms with Crippen molar-refractivity contribution in [2.24, 2.45) is 7.05 Å². The van der Waals surface area contributed by atoms with E-state index in [9.17, 15) is 0 Å². The van der Waals surface area contributed by atoms with Gasteiger partial charge in [-0.3, -0.25) is 4.68 Å². The van der Waals surface area contributed by atoms with Gasteiger partial charge in [-0.2, -0.15) is 10.2 Å². The summed E-state index contributed by atoms with van der Waals surface area (Å²) < 4.78 is 3.84. The van der Waals surface area contributed by atoms with Gasteiger partial charge in [-0.15, -0.1) is 0 Å². The number of benzene rings is 1. The molecule has 1 aliphatic carbocycles. The zero-order valence-corrected chi connectivity index (χ0v) is 19.3. The summed E-state index contributed by atoms with van der Waals surface area (Å²) in [7, 11) is 1.96. The van der Waals surface area contributed by atoms with Crippen molar-refractivity contribution in [2.45, 2.75) is 70.9 Å². The van der Waals surface area contributed by atoms with Gasteiger partial charge in [0.2, 0.25) is 4.96 Å². The maximum absolute atomic E-state index is 4.95. The van der Waals surface area contributed by atoms with E-state index in [1.54, 1.807) is 11.3 Å². The van der Waals surface area contributed by atoms with Gasteiger partial charge in [0.15, 0.2) is 0 Å². The molecule has 4 aromatic rings. The summed E-state index contributed by atoms with van der Waals surface area (Å²) >= 11 is 1.67. The lowest BCUT2D eigenvalue weighted by molar-refractivity contribution is 0.278. The molecule has 0 atom stereocenters. The van der Waals surface area contributed by atoms with Crippen molar-refractivity contribution in [3.05, 3.63) is 35.8 Å². The van der Waals surface area contributed by atoms with E-state index in [1.165, 1.54) is 36.9 Å². The summed E-state index contributed by atoms with van der Waals surface area (Å²) in [4.78, 5) is 5.94. The molecule has 1 saturated carbocycles. The van der Waals surface area contributed by atoms with Gasteiger partial charge in [0.25, 0.3) is 0 Å². The average Bonchev–Trinajstić information content (AvgIpc) is 3.33. The van der Waals surface area contributed by atoms with Crippen molar-refractivity contribution < 1.29 is 0 Å². The van der Waals surface area contributed by atoms with E-state index < -0.39 is 0 Å². The fourth-order valence-electron chi connectivity index (χ4n) is 4.73. The maximum Gasteiger partial charge on any atom is 0.212 e. The smallest absolute Gasteiger partial charge is 0.212 e. The number of rotatable bonds is 3. The Kier molecular flexibility index (Phi) is 4.71. The van der Waals surface area contributed by atoms with Gasteiger partial charge >= 0.3 is 0 Å². The summed E-state index contributed by atoms with van der Waals surface area (Å²) in [6.07, 6.45) is 9.04. The predicted octanol–water partition coefficient (Wildman–Crippen LogP) is 5.07. The summed E-state index contributed by atoms with van der Waals surface area (Å²) in [6, 6.07) is 4.98. The lowest BCUT2D eigenvalue weighted by Gasteiger charge is -2.33. The van der Waals surface area contributed by atoms with Gasteiger partial charge in [-0.25, -0.2) is 9.50 Å². The monoisotopic (exact) mass is 422 g/mol. The van der Waals surface area contributed by atoms with Crippen LogP contribution in [0.25, 0.3) is 26.4 Å². The van der Waals surface area contributed by atoms with Crippen molar-refractivity contribution in [3.8, 4) is 10.6 Å². The van der Waals surface area contributed by atoms with Crippen LogP contribution < -0.4 is 5.32 Å². The number of aromatic nitrogens is 5. The number of hydrogen-bond acceptors (Lipinski definition) is 5. The standard InChI is InChI=1S/C23H30N6S/c1-14-10-16(11-17-12-28(5)26-20(14)17)21-27-29-13-19(24-22(29)30-21)15-6-8-18(9-7-15)25-23(2,3)4/h10-13,15,18,25H,6-9H2,1-5H3. The Hall–Kier alpha value is -2.25. The molecule has 7 heteroatoms. The number of imidazole rings is 1. The highest BCUT2D eigenvalue weighted by molar-refractivity contribution is 7.19. The van der Waals surface area contributed by atoms with E-state index >= 15 is 0 Å². The Bertz CT molecular complexity index is 1170. The fraction of sp³-hybridized carbons (Fsp3) is 0.522. The van der Waals surface area contributed by atoms with Crippen LogP contribution >= 0.6 is 11.3 Å². The quantitative estimate of drug-likeness (QED) is 0.501. The van der Waals surface area contributed by atoms with E-state index in [0.717, 1.165) is 26.4 Å². The highest BCUT2D eigenvalue weighted by atomic mass is 32.1. The lowest BCUT2D eigenvalue weighted by atomic mass is 9.83. The third-order valence-electron chi connectivity index (χ3n) is 6.00. The SMILES string of the molecule is Cc1cc(-c2nn3cc(C4CCC(NC(C)(C)C)CC4)nc3s2)cc2cn(C)nc12. The van der Waals surface area contributed by atoms with Crippen molar-refractivity contribution in [1.29, 1.82) is 0 Å². The molecule has 158 valence electrons. The van der Waals surface area contributed by atoms with Crippen LogP contribution in [-0.2, 0) is 7.05 Å². The second-order valence-corrected chi connectivity index (χ2v) is 10.7. The largest absolute Gasteiger partial charge is 0.309 e. The summed E-state index contributed by atoms with van der Waals surface area (Å²) in [5.74, 6) is 0.550. The number of aryl methyl sites for hydroxylation is 2. The zero-order valence-electron chi connectivity index (χ0n) is 18.4. The van der Waals surface area contributed by atoms with Crippen molar-refractivity contribution in [3.63, 3.8) is 0 Å². The molecule has 3 aromatic heterocycles. The minimum atomic E-state index is 0.187. The summed E-state index contributed by atoms with van der Waals surface area (Å²) in [5.41, 5.74) is 4.76. The topological polar surface area (TPSA) is 60.0 Å². The van der Waals surface area contributed by atoms with Crippen LogP contribution in [0.2, 0.25) is 0 Å². The van der Waals surface area contributed by atoms with Crippen molar-refractivity contribution >= 4 is 27.2 Å². The van der Waals surface area contributed by atoms with E-state index in [2.05, 4.69) is 62.6 Å². The molecular formula is C23H30N6S. The van der Waals surface area contributed by atoms with Crippen LogP contribution in [0, 0.1) is 6.92 Å². The molecule has 3 heterocycles. The molecule has 0 saturated heterocycles. The molecule has 0 spiro atoms. The highest BCUT2D eigenvalue weighted by Gasteiger charge is 2.27. The Balaban J connectivity index is 1.35. The lowest BCUT2D eigenvalue weighted by Crippen LogP contribution is -2.45. The number of hydrogen-bond donors (Lipinski definition) is 1. The van der Waals surface area contributed by atoms with Gasteiger partial charge in [0.05, 0.1) is 17.4 Å². The first-order chi connectivity index (χ1) is 14.2. The zero-order chi connectivity index (χ0) is 21.0. The van der Waals surface area contributed by atoms with Crippen LogP contribution in [-0.4, -0.2) is 36.0 Å². The van der Waals surface area contributed by atoms with Crippen LogP contribution in [0.4, 0.5) is 0 Å². The number of nitrogens with one attached hydrogen (secondary N) is 1. The number of nitrogens with zero attached hydrogens (tertiary/aromatic N) is 5. The first kappa shape index (κ1) is 19.7. The van der Waals surface area contributed by atoms with Crippen LogP contribution in [0.15, 0.2) is 24.5 Å². The third kappa shape index (κ3) is 3.76. The fourth-order valence-corrected chi connectivity index (χ4v) is 5.61. The molecule has 1 fully saturated rings. The maximum atomic E-state index is 4.95. The second kappa shape index (κ2) is 7.17. The van der Waals surface area contributed by atoms with Gasteiger partial charge in [-0.1, -0.05) is 11.3 Å². The molecule has 0 bridgehead atoms. The van der Waals surface area contributed by atoms with Crippen molar-refractivity contribution in [2.75, 3.05) is 0 Å². The molecule has 1 aromatic carbocycles. The van der Waals surface area contributed by atoms with Crippen molar-refractivity contribution in [1.82, 2.24) is 29.7 Å². The molecule has 6 nitrogen and oxygen atoms in total. The Morgan fingerprint density at radius 2 is 1.83 bits per heavy atom. The first-order valence-corrected chi connectivity index (χ1v) is 11.6. The normalized spacial score (nSPS) is 20.4. The van der Waals surface area contributed by atoms with E-state index in [1.807, 2.05) is 16.2 Å². The van der Waals surface area contributed by atoms with Crippen LogP contribution in [0.1, 0.15) is 63.6 Å². The Labute approximate surface area is 181 Å². The minimum Gasteiger partial charge on any atom is -0.309 e. The third-order valence-corrected chi connectivity index (χ3v) is 6.98. The van der Waals surface area contributed by atoms with E-state index in [0.29, 0.717) is 12.0 Å². The summed E-state index contributed by atoms with van der Waals surface area (Å²) in [6.45, 7) is 8.86. The molecule has 0 radical (unpaired) electrons. The Morgan fingerprint density at radius 1 is 1.07 bits per heavy atom. The second-order valence-electron chi connectivity index (χ2n) is 9.78. The molecule has 0 aliphatic heterocycles. The Morgan fingerprint density at radius 3 is 2.53 bits per heavy atom. The van der Waals surface area contributed by atoms with Gasteiger partial charge < -0.3 is 5.32 Å². The van der Waals surface area contributed by atoms with Crippen LogP contribution in [0.5, 0.6) is 0 Å². The molecule has 5 rings (SSSR count). The van der Waals surface area contributed by atoms with E-state index in [-0.39, 0.29) is 5.54 Å². The molecule has 0 amide bonds. The van der Waals surface area contributed by atoms with Gasteiger partial charge in [0.1, 0.15) is 5.01 Å². The summed E-state index contributed by atoms with van der Waals surface area (Å²) in [5, 5.41) is 15.3.